The fourth-order valence-electron chi connectivity index (χ4n) is 3.06. The van der Waals surface area contributed by atoms with Gasteiger partial charge >= 0.3 is 5.97 Å². The van der Waals surface area contributed by atoms with E-state index in [4.69, 9.17) is 21.1 Å². The lowest BCUT2D eigenvalue weighted by molar-refractivity contribution is -0.145. The largest absolute Gasteiger partial charge is 0.492 e. The molecule has 0 bridgehead atoms. The van der Waals surface area contributed by atoms with Gasteiger partial charge in [0.25, 0.3) is 0 Å². The summed E-state index contributed by atoms with van der Waals surface area (Å²) in [6.45, 7) is 0. The molecule has 1 aliphatic rings. The molecular weight excluding hydrogens is 280 g/mol. The third-order valence-corrected chi connectivity index (χ3v) is 4.40. The van der Waals surface area contributed by atoms with Crippen molar-refractivity contribution in [1.82, 2.24) is 0 Å². The predicted octanol–water partition coefficient (Wildman–Crippen LogP) is 3.64. The average molecular weight is 299 g/mol. The molecule has 4 nitrogen and oxygen atoms in total. The quantitative estimate of drug-likeness (QED) is 0.922. The van der Waals surface area contributed by atoms with Crippen LogP contribution in [0.1, 0.15) is 37.7 Å². The number of methoxy groups -OCH3 is 2. The van der Waals surface area contributed by atoms with Crippen molar-refractivity contribution < 1.29 is 19.4 Å². The number of carbonyl (C=O) groups is 1. The number of ether oxygens (including phenoxy) is 2. The van der Waals surface area contributed by atoms with Gasteiger partial charge in [-0.05, 0) is 18.9 Å². The minimum Gasteiger partial charge on any atom is -0.492 e. The Bertz CT molecular complexity index is 507. The van der Waals surface area contributed by atoms with Crippen LogP contribution >= 0.6 is 11.6 Å². The first kappa shape index (κ1) is 15.0. The van der Waals surface area contributed by atoms with E-state index in [0.29, 0.717) is 34.9 Å². The Kier molecular flexibility index (Phi) is 4.43. The fourth-order valence-corrected chi connectivity index (χ4v) is 3.29. The van der Waals surface area contributed by atoms with E-state index in [9.17, 15) is 9.90 Å². The molecule has 1 N–H and O–H groups in total. The van der Waals surface area contributed by atoms with Crippen LogP contribution in [0.15, 0.2) is 12.1 Å². The first-order valence-electron chi connectivity index (χ1n) is 6.71. The van der Waals surface area contributed by atoms with Crippen LogP contribution in [0.2, 0.25) is 5.02 Å². The molecule has 5 heteroatoms. The molecule has 0 aliphatic heterocycles. The molecule has 1 aromatic carbocycles. The zero-order chi connectivity index (χ0) is 14.8. The van der Waals surface area contributed by atoms with E-state index in [1.54, 1.807) is 12.1 Å². The molecule has 0 spiro atoms. The zero-order valence-corrected chi connectivity index (χ0v) is 12.5. The first-order valence-corrected chi connectivity index (χ1v) is 7.09. The van der Waals surface area contributed by atoms with Gasteiger partial charge in [-0.1, -0.05) is 36.9 Å². The van der Waals surface area contributed by atoms with Crippen LogP contribution in [-0.4, -0.2) is 25.3 Å². The Morgan fingerprint density at radius 2 is 1.75 bits per heavy atom. The minimum absolute atomic E-state index is 0.401. The summed E-state index contributed by atoms with van der Waals surface area (Å²) in [5.74, 6) is 0.0297. The van der Waals surface area contributed by atoms with Gasteiger partial charge in [0.2, 0.25) is 0 Å². The van der Waals surface area contributed by atoms with Gasteiger partial charge in [-0.3, -0.25) is 4.79 Å². The van der Waals surface area contributed by atoms with E-state index in [-0.39, 0.29) is 0 Å². The smallest absolute Gasteiger partial charge is 0.314 e. The highest BCUT2D eigenvalue weighted by molar-refractivity contribution is 6.32. The van der Waals surface area contributed by atoms with Crippen LogP contribution in [0.3, 0.4) is 0 Å². The van der Waals surface area contributed by atoms with Crippen molar-refractivity contribution in [3.63, 3.8) is 0 Å². The van der Waals surface area contributed by atoms with Crippen LogP contribution in [0.25, 0.3) is 0 Å². The van der Waals surface area contributed by atoms with E-state index >= 15 is 0 Å². The zero-order valence-electron chi connectivity index (χ0n) is 11.7. The Morgan fingerprint density at radius 3 is 2.25 bits per heavy atom. The monoisotopic (exact) mass is 298 g/mol. The standard InChI is InChI=1S/C15H19ClO4/c1-19-12-10(6-7-11(16)13(12)20-2)15(14(17)18)8-4-3-5-9-15/h6-7H,3-5,8-9H2,1-2H3,(H,17,18). The number of carboxylic acid groups (broad SMARTS) is 1. The normalized spacial score (nSPS) is 17.6. The van der Waals surface area contributed by atoms with Gasteiger partial charge in [0.05, 0.1) is 24.7 Å². The van der Waals surface area contributed by atoms with Gasteiger partial charge in [-0.15, -0.1) is 0 Å². The number of halogens is 1. The van der Waals surface area contributed by atoms with Gasteiger partial charge in [0.1, 0.15) is 0 Å². The highest BCUT2D eigenvalue weighted by atomic mass is 35.5. The van der Waals surface area contributed by atoms with Gasteiger partial charge in [-0.25, -0.2) is 0 Å². The molecule has 0 aromatic heterocycles. The summed E-state index contributed by atoms with van der Waals surface area (Å²) in [6.07, 6.45) is 4.11. The van der Waals surface area contributed by atoms with Crippen molar-refractivity contribution in [2.45, 2.75) is 37.5 Å². The van der Waals surface area contributed by atoms with E-state index in [1.165, 1.54) is 14.2 Å². The summed E-state index contributed by atoms with van der Waals surface area (Å²) in [4.78, 5) is 11.9. The van der Waals surface area contributed by atoms with Gasteiger partial charge < -0.3 is 14.6 Å². The molecule has 0 saturated heterocycles. The van der Waals surface area contributed by atoms with Crippen LogP contribution < -0.4 is 9.47 Å². The van der Waals surface area contributed by atoms with Crippen molar-refractivity contribution in [2.75, 3.05) is 14.2 Å². The third kappa shape index (κ3) is 2.33. The van der Waals surface area contributed by atoms with E-state index in [0.717, 1.165) is 19.3 Å². The molecule has 0 radical (unpaired) electrons. The first-order chi connectivity index (χ1) is 9.56. The summed E-state index contributed by atoms with van der Waals surface area (Å²) in [5, 5.41) is 10.2. The van der Waals surface area contributed by atoms with E-state index < -0.39 is 11.4 Å². The van der Waals surface area contributed by atoms with E-state index in [2.05, 4.69) is 0 Å². The summed E-state index contributed by atoms with van der Waals surface area (Å²) >= 11 is 6.09. The molecule has 1 saturated carbocycles. The van der Waals surface area contributed by atoms with E-state index in [1.807, 2.05) is 0 Å². The third-order valence-electron chi connectivity index (χ3n) is 4.10. The summed E-state index contributed by atoms with van der Waals surface area (Å²) in [7, 11) is 3.01. The lowest BCUT2D eigenvalue weighted by Crippen LogP contribution is -2.38. The molecule has 1 aliphatic carbocycles. The topological polar surface area (TPSA) is 55.8 Å². The lowest BCUT2D eigenvalue weighted by Gasteiger charge is -2.35. The van der Waals surface area contributed by atoms with Crippen LogP contribution in [0, 0.1) is 0 Å². The number of hydrogen-bond donors (Lipinski definition) is 1. The number of aliphatic carboxylic acids is 1. The maximum Gasteiger partial charge on any atom is 0.314 e. The molecule has 20 heavy (non-hydrogen) atoms. The van der Waals surface area contributed by atoms with Crippen molar-refractivity contribution in [1.29, 1.82) is 0 Å². The number of carboxylic acids is 1. The van der Waals surface area contributed by atoms with Crippen molar-refractivity contribution in [3.8, 4) is 11.5 Å². The second-order valence-electron chi connectivity index (χ2n) is 5.11. The Balaban J connectivity index is 2.62. The second-order valence-corrected chi connectivity index (χ2v) is 5.52. The van der Waals surface area contributed by atoms with Crippen LogP contribution in [-0.2, 0) is 10.2 Å². The maximum atomic E-state index is 11.9. The molecule has 0 unspecified atom stereocenters. The molecule has 0 amide bonds. The molecule has 0 atom stereocenters. The van der Waals surface area contributed by atoms with Crippen molar-refractivity contribution >= 4 is 17.6 Å². The lowest BCUT2D eigenvalue weighted by atomic mass is 9.69. The highest BCUT2D eigenvalue weighted by Gasteiger charge is 2.44. The highest BCUT2D eigenvalue weighted by Crippen LogP contribution is 2.48. The molecule has 0 heterocycles. The number of hydrogen-bond acceptors (Lipinski definition) is 3. The SMILES string of the molecule is COc1c(Cl)ccc(C2(C(=O)O)CCCCC2)c1OC. The molecule has 110 valence electrons. The van der Waals surface area contributed by atoms with Gasteiger partial charge in [0, 0.05) is 5.56 Å². The fraction of sp³-hybridized carbons (Fsp3) is 0.533. The Labute approximate surface area is 123 Å². The minimum atomic E-state index is -0.901. The molecule has 1 fully saturated rings. The predicted molar refractivity (Wildman–Crippen MR) is 77.0 cm³/mol. The maximum absolute atomic E-state index is 11.9. The molecular formula is C15H19ClO4. The Morgan fingerprint density at radius 1 is 1.15 bits per heavy atom. The summed E-state index contributed by atoms with van der Waals surface area (Å²) in [6, 6.07) is 3.43. The number of rotatable bonds is 4. The molecule has 1 aromatic rings. The molecule has 2 rings (SSSR count). The number of benzene rings is 1. The summed E-state index contributed by atoms with van der Waals surface area (Å²) in [5.41, 5.74) is -0.241. The van der Waals surface area contributed by atoms with Crippen molar-refractivity contribution in [2.24, 2.45) is 0 Å². The van der Waals surface area contributed by atoms with Gasteiger partial charge in [-0.2, -0.15) is 0 Å². The van der Waals surface area contributed by atoms with Crippen molar-refractivity contribution in [3.05, 3.63) is 22.7 Å². The van der Waals surface area contributed by atoms with Crippen LogP contribution in [0.5, 0.6) is 11.5 Å². The second kappa shape index (κ2) is 5.92. The summed E-state index contributed by atoms with van der Waals surface area (Å²) < 4.78 is 10.7. The van der Waals surface area contributed by atoms with Crippen LogP contribution in [0.4, 0.5) is 0 Å². The average Bonchev–Trinajstić information content (AvgIpc) is 2.47. The van der Waals surface area contributed by atoms with Gasteiger partial charge in [0.15, 0.2) is 11.5 Å². The Hall–Kier alpha value is -1.42.